The third kappa shape index (κ3) is 8.99. The van der Waals surface area contributed by atoms with E-state index in [4.69, 9.17) is 11.5 Å². The molecule has 0 saturated carbocycles. The molecule has 3 atom stereocenters. The summed E-state index contributed by atoms with van der Waals surface area (Å²) in [5.41, 5.74) is 12.4. The maximum atomic E-state index is 12.8. The Labute approximate surface area is 195 Å². The second-order valence-electron chi connectivity index (χ2n) is 7.66. The number of amides is 3. The first-order valence-electron chi connectivity index (χ1n) is 10.8. The number of hydrogen-bond donors (Lipinski definition) is 8. The number of carbonyl (C=O) groups excluding carboxylic acids is 3. The zero-order valence-electron chi connectivity index (χ0n) is 18.6. The Kier molecular flexibility index (Phi) is 10.7. The van der Waals surface area contributed by atoms with Crippen molar-refractivity contribution in [3.63, 3.8) is 0 Å². The van der Waals surface area contributed by atoms with Crippen LogP contribution in [0.1, 0.15) is 30.7 Å². The smallest absolute Gasteiger partial charge is 0.326 e. The first-order chi connectivity index (χ1) is 16.3. The minimum atomic E-state index is -1.19. The molecule has 14 nitrogen and oxygen atoms in total. The lowest BCUT2D eigenvalue weighted by Crippen LogP contribution is -2.54. The highest BCUT2D eigenvalue weighted by atomic mass is 16.4. The molecule has 0 unspecified atom stereocenters. The van der Waals surface area contributed by atoms with Gasteiger partial charge in [-0.1, -0.05) is 0 Å². The van der Waals surface area contributed by atoms with E-state index in [0.717, 1.165) is 0 Å². The number of aromatic nitrogens is 4. The van der Waals surface area contributed by atoms with E-state index in [1.54, 1.807) is 12.4 Å². The van der Waals surface area contributed by atoms with Gasteiger partial charge in [0, 0.05) is 25.2 Å². The quantitative estimate of drug-likeness (QED) is 0.127. The van der Waals surface area contributed by atoms with E-state index in [1.165, 1.54) is 12.7 Å². The Morgan fingerprint density at radius 3 is 2.15 bits per heavy atom. The molecular weight excluding hydrogens is 446 g/mol. The Balaban J connectivity index is 1.94. The molecule has 2 rings (SSSR count). The van der Waals surface area contributed by atoms with E-state index in [1.807, 2.05) is 0 Å². The van der Waals surface area contributed by atoms with E-state index in [0.29, 0.717) is 30.8 Å². The fourth-order valence-corrected chi connectivity index (χ4v) is 3.11. The Hall–Kier alpha value is -3.78. The normalized spacial score (nSPS) is 13.5. The summed E-state index contributed by atoms with van der Waals surface area (Å²) in [5, 5.41) is 16.8. The first-order valence-corrected chi connectivity index (χ1v) is 10.8. The van der Waals surface area contributed by atoms with E-state index in [-0.39, 0.29) is 19.3 Å². The fraction of sp³-hybridized carbons (Fsp3) is 0.500. The van der Waals surface area contributed by atoms with Gasteiger partial charge in [0.05, 0.1) is 36.6 Å². The van der Waals surface area contributed by atoms with Crippen molar-refractivity contribution in [3.8, 4) is 0 Å². The number of aliphatic carboxylic acids is 1. The predicted molar refractivity (Wildman–Crippen MR) is 120 cm³/mol. The van der Waals surface area contributed by atoms with Gasteiger partial charge in [0.1, 0.15) is 12.1 Å². The van der Waals surface area contributed by atoms with Crippen molar-refractivity contribution in [1.29, 1.82) is 0 Å². The van der Waals surface area contributed by atoms with Crippen LogP contribution in [0.15, 0.2) is 25.0 Å². The molecule has 186 valence electrons. The fourth-order valence-electron chi connectivity index (χ4n) is 3.11. The molecular formula is C20H31N9O5. The van der Waals surface area contributed by atoms with Crippen LogP contribution in [-0.2, 0) is 32.0 Å². The highest BCUT2D eigenvalue weighted by Crippen LogP contribution is 2.04. The van der Waals surface area contributed by atoms with Gasteiger partial charge in [0.15, 0.2) is 0 Å². The zero-order valence-corrected chi connectivity index (χ0v) is 18.6. The molecule has 0 aliphatic heterocycles. The van der Waals surface area contributed by atoms with Crippen molar-refractivity contribution < 1.29 is 24.3 Å². The van der Waals surface area contributed by atoms with Gasteiger partial charge in [0.25, 0.3) is 0 Å². The molecule has 0 radical (unpaired) electrons. The molecule has 0 aliphatic carbocycles. The SMILES string of the molecule is NCCCC[C@H](NC(=O)[C@H](Cc1c[nH]cn1)NC(=O)CNC(=O)[C@@H](N)Cc1c[nH]cn1)C(=O)O. The van der Waals surface area contributed by atoms with Crippen molar-refractivity contribution in [2.75, 3.05) is 13.1 Å². The Bertz CT molecular complexity index is 917. The average molecular weight is 478 g/mol. The van der Waals surface area contributed by atoms with Crippen molar-refractivity contribution in [3.05, 3.63) is 36.4 Å². The molecule has 0 saturated heterocycles. The maximum absolute atomic E-state index is 12.8. The molecule has 2 aromatic rings. The standard InChI is InChI=1S/C20H31N9O5/c21-4-2-1-3-15(20(33)34)29-19(32)16(6-13-8-24-11-27-13)28-17(30)9-25-18(31)14(22)5-12-7-23-10-26-12/h7-8,10-11,14-16H,1-6,9,21-22H2,(H,23,26)(H,24,27)(H,25,31)(H,28,30)(H,29,32)(H,33,34)/t14-,15-,16-/m0/s1. The molecule has 10 N–H and O–H groups in total. The van der Waals surface area contributed by atoms with Gasteiger partial charge in [-0.05, 0) is 25.8 Å². The second kappa shape index (κ2) is 13.7. The van der Waals surface area contributed by atoms with Crippen LogP contribution >= 0.6 is 0 Å². The van der Waals surface area contributed by atoms with Gasteiger partial charge < -0.3 is 42.5 Å². The number of nitrogens with zero attached hydrogens (tertiary/aromatic N) is 2. The summed E-state index contributed by atoms with van der Waals surface area (Å²) in [6.45, 7) is -0.00842. The number of hydrogen-bond acceptors (Lipinski definition) is 8. The van der Waals surface area contributed by atoms with Gasteiger partial charge in [0.2, 0.25) is 17.7 Å². The van der Waals surface area contributed by atoms with Crippen LogP contribution in [0.2, 0.25) is 0 Å². The molecule has 34 heavy (non-hydrogen) atoms. The van der Waals surface area contributed by atoms with E-state index >= 15 is 0 Å². The minimum Gasteiger partial charge on any atom is -0.480 e. The number of carboxylic acid groups (broad SMARTS) is 1. The minimum absolute atomic E-state index is 0.0167. The molecule has 2 heterocycles. The lowest BCUT2D eigenvalue weighted by Gasteiger charge is -2.21. The number of aromatic amines is 2. The highest BCUT2D eigenvalue weighted by molar-refractivity contribution is 5.92. The van der Waals surface area contributed by atoms with Crippen molar-refractivity contribution in [2.45, 2.75) is 50.2 Å². The molecule has 0 fully saturated rings. The number of nitrogens with two attached hydrogens (primary N) is 2. The summed E-state index contributed by atoms with van der Waals surface area (Å²) in [4.78, 5) is 62.5. The number of unbranched alkanes of at least 4 members (excludes halogenated alkanes) is 1. The van der Waals surface area contributed by atoms with Crippen LogP contribution in [0.5, 0.6) is 0 Å². The third-order valence-electron chi connectivity index (χ3n) is 4.93. The Morgan fingerprint density at radius 2 is 1.59 bits per heavy atom. The second-order valence-corrected chi connectivity index (χ2v) is 7.66. The van der Waals surface area contributed by atoms with Crippen LogP contribution in [0.3, 0.4) is 0 Å². The molecule has 2 aromatic heterocycles. The summed E-state index contributed by atoms with van der Waals surface area (Å²) in [7, 11) is 0. The number of rotatable bonds is 15. The van der Waals surface area contributed by atoms with E-state index in [2.05, 4.69) is 35.9 Å². The largest absolute Gasteiger partial charge is 0.480 e. The Morgan fingerprint density at radius 1 is 0.941 bits per heavy atom. The summed E-state index contributed by atoms with van der Waals surface area (Å²) < 4.78 is 0. The van der Waals surface area contributed by atoms with Crippen LogP contribution in [0, 0.1) is 0 Å². The number of imidazole rings is 2. The van der Waals surface area contributed by atoms with Crippen LogP contribution in [0.4, 0.5) is 0 Å². The third-order valence-corrected chi connectivity index (χ3v) is 4.93. The topological polar surface area (TPSA) is 234 Å². The molecule has 0 spiro atoms. The molecule has 3 amide bonds. The number of carbonyl (C=O) groups is 4. The lowest BCUT2D eigenvalue weighted by atomic mass is 10.1. The number of carboxylic acids is 1. The summed E-state index contributed by atoms with van der Waals surface area (Å²) in [6, 6.07) is -3.15. The molecule has 0 bridgehead atoms. The van der Waals surface area contributed by atoms with Gasteiger partial charge in [-0.2, -0.15) is 0 Å². The number of nitrogens with one attached hydrogen (secondary N) is 5. The summed E-state index contributed by atoms with van der Waals surface area (Å²) in [5.74, 6) is -3.07. The van der Waals surface area contributed by atoms with Gasteiger partial charge in [-0.3, -0.25) is 14.4 Å². The number of H-pyrrole nitrogens is 2. The van der Waals surface area contributed by atoms with Crippen molar-refractivity contribution >= 4 is 23.7 Å². The molecule has 0 aromatic carbocycles. The highest BCUT2D eigenvalue weighted by Gasteiger charge is 2.27. The molecule has 14 heteroatoms. The zero-order chi connectivity index (χ0) is 24.9. The van der Waals surface area contributed by atoms with E-state index in [9.17, 15) is 24.3 Å². The average Bonchev–Trinajstić information content (AvgIpc) is 3.50. The van der Waals surface area contributed by atoms with E-state index < -0.39 is 48.4 Å². The van der Waals surface area contributed by atoms with Crippen LogP contribution in [0.25, 0.3) is 0 Å². The van der Waals surface area contributed by atoms with Gasteiger partial charge in [-0.25, -0.2) is 14.8 Å². The lowest BCUT2D eigenvalue weighted by molar-refractivity contribution is -0.142. The molecule has 0 aliphatic rings. The van der Waals surface area contributed by atoms with Crippen molar-refractivity contribution in [1.82, 2.24) is 35.9 Å². The monoisotopic (exact) mass is 477 g/mol. The summed E-state index contributed by atoms with van der Waals surface area (Å²) >= 11 is 0. The van der Waals surface area contributed by atoms with Crippen LogP contribution < -0.4 is 27.4 Å². The van der Waals surface area contributed by atoms with Gasteiger partial charge >= 0.3 is 5.97 Å². The predicted octanol–water partition coefficient (Wildman–Crippen LogP) is -2.46. The van der Waals surface area contributed by atoms with Crippen molar-refractivity contribution in [2.24, 2.45) is 11.5 Å². The van der Waals surface area contributed by atoms with Gasteiger partial charge in [-0.15, -0.1) is 0 Å². The first kappa shape index (κ1) is 26.5. The summed E-state index contributed by atoms with van der Waals surface area (Å²) in [6.07, 6.45) is 7.58. The maximum Gasteiger partial charge on any atom is 0.326 e. The van der Waals surface area contributed by atoms with Crippen LogP contribution in [-0.4, -0.2) is 79.9 Å².